The Morgan fingerprint density at radius 2 is 2.00 bits per heavy atom. The van der Waals surface area contributed by atoms with E-state index in [1.165, 1.54) is 0 Å². The minimum atomic E-state index is 0.00920. The fourth-order valence-corrected chi connectivity index (χ4v) is 3.24. The molecule has 2 fully saturated rings. The molecule has 23 heavy (non-hydrogen) atoms. The molecule has 2 aliphatic heterocycles. The van der Waals surface area contributed by atoms with Gasteiger partial charge in [0.15, 0.2) is 0 Å². The molecule has 0 aliphatic carbocycles. The minimum Gasteiger partial charge on any atom is -0.490 e. The molecule has 2 aliphatic rings. The second kappa shape index (κ2) is 7.32. The molecule has 0 aromatic heterocycles. The molecule has 3 rings (SSSR count). The molecule has 0 N–H and O–H groups in total. The third-order valence-corrected chi connectivity index (χ3v) is 4.27. The van der Waals surface area contributed by atoms with Crippen LogP contribution in [0.3, 0.4) is 0 Å². The largest absolute Gasteiger partial charge is 0.490 e. The van der Waals surface area contributed by atoms with Crippen LogP contribution in [0.15, 0.2) is 24.3 Å². The van der Waals surface area contributed by atoms with E-state index in [0.717, 1.165) is 19.4 Å². The number of carbonyl (C=O) groups is 1. The van der Waals surface area contributed by atoms with Gasteiger partial charge in [-0.2, -0.15) is 0 Å². The van der Waals surface area contributed by atoms with Crippen LogP contribution in [-0.4, -0.2) is 55.4 Å². The summed E-state index contributed by atoms with van der Waals surface area (Å²) in [6.45, 7) is 6.52. The quantitative estimate of drug-likeness (QED) is 0.855. The fourth-order valence-electron chi connectivity index (χ4n) is 3.24. The van der Waals surface area contributed by atoms with E-state index in [1.807, 2.05) is 43.0 Å². The molecule has 0 saturated carbocycles. The molecular formula is C18H25NO4. The Kier molecular flexibility index (Phi) is 5.18. The van der Waals surface area contributed by atoms with Gasteiger partial charge in [0.1, 0.15) is 12.4 Å². The van der Waals surface area contributed by atoms with Crippen LogP contribution in [0.25, 0.3) is 0 Å². The molecule has 5 heteroatoms. The maximum Gasteiger partial charge on any atom is 0.257 e. The molecule has 0 bridgehead atoms. The molecule has 1 amide bonds. The zero-order chi connectivity index (χ0) is 16.2. The first-order valence-corrected chi connectivity index (χ1v) is 8.41. The summed E-state index contributed by atoms with van der Waals surface area (Å²) in [4.78, 5) is 14.7. The number of hydrogen-bond donors (Lipinski definition) is 0. The van der Waals surface area contributed by atoms with Gasteiger partial charge in [0, 0.05) is 19.7 Å². The zero-order valence-electron chi connectivity index (χ0n) is 13.9. The highest BCUT2D eigenvalue weighted by Gasteiger charge is 2.28. The van der Waals surface area contributed by atoms with Crippen molar-refractivity contribution in [3.63, 3.8) is 0 Å². The first-order chi connectivity index (χ1) is 11.1. The summed E-state index contributed by atoms with van der Waals surface area (Å²) in [6, 6.07) is 7.46. The highest BCUT2D eigenvalue weighted by molar-refractivity contribution is 5.97. The van der Waals surface area contributed by atoms with E-state index in [4.69, 9.17) is 14.2 Å². The predicted octanol–water partition coefficient (Wildman–Crippen LogP) is 2.49. The number of amides is 1. The lowest BCUT2D eigenvalue weighted by Gasteiger charge is -2.35. The number of nitrogens with zero attached hydrogens (tertiary/aromatic N) is 1. The first-order valence-electron chi connectivity index (χ1n) is 8.41. The van der Waals surface area contributed by atoms with Crippen molar-refractivity contribution in [3.05, 3.63) is 29.8 Å². The van der Waals surface area contributed by atoms with Crippen LogP contribution in [0.4, 0.5) is 0 Å². The number of carbonyl (C=O) groups excluding carboxylic acids is 1. The molecule has 0 spiro atoms. The molecule has 126 valence electrons. The maximum atomic E-state index is 12.9. The van der Waals surface area contributed by atoms with Gasteiger partial charge in [0.2, 0.25) is 0 Å². The van der Waals surface area contributed by atoms with E-state index in [0.29, 0.717) is 31.0 Å². The summed E-state index contributed by atoms with van der Waals surface area (Å²) in [5, 5.41) is 0. The van der Waals surface area contributed by atoms with Gasteiger partial charge in [-0.3, -0.25) is 4.79 Å². The topological polar surface area (TPSA) is 48.0 Å². The average Bonchev–Trinajstić information content (AvgIpc) is 3.05. The molecule has 1 aromatic rings. The number of rotatable bonds is 4. The van der Waals surface area contributed by atoms with Crippen molar-refractivity contribution in [1.29, 1.82) is 0 Å². The van der Waals surface area contributed by atoms with E-state index >= 15 is 0 Å². The Hall–Kier alpha value is -1.59. The molecule has 1 aromatic carbocycles. The maximum absolute atomic E-state index is 12.9. The van der Waals surface area contributed by atoms with Gasteiger partial charge in [-0.05, 0) is 38.8 Å². The monoisotopic (exact) mass is 319 g/mol. The Bertz CT molecular complexity index is 532. The molecule has 2 saturated heterocycles. The lowest BCUT2D eigenvalue weighted by molar-refractivity contribution is -0.0587. The van der Waals surface area contributed by atoms with Gasteiger partial charge in [-0.1, -0.05) is 12.1 Å². The lowest BCUT2D eigenvalue weighted by atomic mass is 10.1. The highest BCUT2D eigenvalue weighted by atomic mass is 16.5. The Balaban J connectivity index is 1.69. The highest BCUT2D eigenvalue weighted by Crippen LogP contribution is 2.23. The van der Waals surface area contributed by atoms with Crippen LogP contribution in [0.2, 0.25) is 0 Å². The van der Waals surface area contributed by atoms with Gasteiger partial charge in [0.25, 0.3) is 5.91 Å². The second-order valence-electron chi connectivity index (χ2n) is 6.41. The van der Waals surface area contributed by atoms with Crippen LogP contribution < -0.4 is 4.74 Å². The lowest BCUT2D eigenvalue weighted by Crippen LogP contribution is -2.48. The Morgan fingerprint density at radius 1 is 1.26 bits per heavy atom. The van der Waals surface area contributed by atoms with Gasteiger partial charge in [-0.25, -0.2) is 0 Å². The van der Waals surface area contributed by atoms with Crippen molar-refractivity contribution < 1.29 is 19.0 Å². The summed E-state index contributed by atoms with van der Waals surface area (Å²) in [6.07, 6.45) is 2.36. The van der Waals surface area contributed by atoms with Crippen molar-refractivity contribution in [3.8, 4) is 5.75 Å². The van der Waals surface area contributed by atoms with Crippen molar-refractivity contribution in [1.82, 2.24) is 4.90 Å². The molecule has 2 heterocycles. The van der Waals surface area contributed by atoms with Gasteiger partial charge >= 0.3 is 0 Å². The zero-order valence-corrected chi connectivity index (χ0v) is 13.9. The predicted molar refractivity (Wildman–Crippen MR) is 86.8 cm³/mol. The van der Waals surface area contributed by atoms with E-state index in [-0.39, 0.29) is 24.2 Å². The van der Waals surface area contributed by atoms with Crippen molar-refractivity contribution in [2.75, 3.05) is 26.3 Å². The molecule has 5 nitrogen and oxygen atoms in total. The van der Waals surface area contributed by atoms with Crippen molar-refractivity contribution in [2.24, 2.45) is 0 Å². The number of ether oxygens (including phenoxy) is 3. The van der Waals surface area contributed by atoms with E-state index in [2.05, 4.69) is 0 Å². The summed E-state index contributed by atoms with van der Waals surface area (Å²) >= 11 is 0. The van der Waals surface area contributed by atoms with Crippen molar-refractivity contribution in [2.45, 2.75) is 45.0 Å². The number of hydrogen-bond acceptors (Lipinski definition) is 4. The SMILES string of the molecule is CC1CN(C(=O)c2ccccc2OCC2CCCO2)CC(C)O1. The molecule has 3 atom stereocenters. The number of benzene rings is 1. The molecule has 0 radical (unpaired) electrons. The number of morpholine rings is 1. The summed E-state index contributed by atoms with van der Waals surface area (Å²) in [5.74, 6) is 0.648. The molecule has 3 unspecified atom stereocenters. The molecular weight excluding hydrogens is 294 g/mol. The number of para-hydroxylation sites is 1. The van der Waals surface area contributed by atoms with Gasteiger partial charge in [0.05, 0.1) is 23.9 Å². The third kappa shape index (κ3) is 4.03. The standard InChI is InChI=1S/C18H25NO4/c1-13-10-19(11-14(2)23-13)18(20)16-7-3-4-8-17(16)22-12-15-6-5-9-21-15/h3-4,7-8,13-15H,5-6,9-12H2,1-2H3. The van der Waals surface area contributed by atoms with E-state index in [1.54, 1.807) is 0 Å². The third-order valence-electron chi connectivity index (χ3n) is 4.27. The van der Waals surface area contributed by atoms with Crippen LogP contribution in [0, 0.1) is 0 Å². The van der Waals surface area contributed by atoms with Gasteiger partial charge in [-0.15, -0.1) is 0 Å². The Morgan fingerprint density at radius 3 is 2.70 bits per heavy atom. The smallest absolute Gasteiger partial charge is 0.257 e. The Labute approximate surface area is 137 Å². The normalized spacial score (nSPS) is 27.9. The van der Waals surface area contributed by atoms with E-state index < -0.39 is 0 Å². The van der Waals surface area contributed by atoms with Crippen LogP contribution in [0.1, 0.15) is 37.0 Å². The van der Waals surface area contributed by atoms with Gasteiger partial charge < -0.3 is 19.1 Å². The summed E-state index contributed by atoms with van der Waals surface area (Å²) in [5.41, 5.74) is 0.617. The summed E-state index contributed by atoms with van der Waals surface area (Å²) < 4.78 is 17.2. The van der Waals surface area contributed by atoms with Crippen LogP contribution >= 0.6 is 0 Å². The minimum absolute atomic E-state index is 0.00920. The fraction of sp³-hybridized carbons (Fsp3) is 0.611. The van der Waals surface area contributed by atoms with Crippen LogP contribution in [0.5, 0.6) is 5.75 Å². The second-order valence-corrected chi connectivity index (χ2v) is 6.41. The van der Waals surface area contributed by atoms with Crippen molar-refractivity contribution >= 4 is 5.91 Å². The summed E-state index contributed by atoms with van der Waals surface area (Å²) in [7, 11) is 0. The van der Waals surface area contributed by atoms with E-state index in [9.17, 15) is 4.79 Å². The average molecular weight is 319 g/mol. The van der Waals surface area contributed by atoms with Crippen LogP contribution in [-0.2, 0) is 9.47 Å². The first kappa shape index (κ1) is 16.3.